The Labute approximate surface area is 113 Å². The van der Waals surface area contributed by atoms with Crippen LogP contribution in [-0.4, -0.2) is 26.3 Å². The highest BCUT2D eigenvalue weighted by Crippen LogP contribution is 2.33. The van der Waals surface area contributed by atoms with Gasteiger partial charge in [-0.3, -0.25) is 0 Å². The largest absolute Gasteiger partial charge is 0.381 e. The van der Waals surface area contributed by atoms with Crippen LogP contribution in [0.5, 0.6) is 0 Å². The lowest BCUT2D eigenvalue weighted by Gasteiger charge is -2.13. The minimum atomic E-state index is 0.965. The first-order valence-corrected chi connectivity index (χ1v) is 8.23. The van der Waals surface area contributed by atoms with Crippen LogP contribution in [-0.2, 0) is 4.74 Å². The third-order valence-electron chi connectivity index (χ3n) is 4.63. The average molecular weight is 253 g/mol. The van der Waals surface area contributed by atoms with Gasteiger partial charge in [0.15, 0.2) is 0 Å². The SMILES string of the molecule is C1CCCC2CCC(CNCCCCOCC1)C2. The van der Waals surface area contributed by atoms with Crippen molar-refractivity contribution in [1.82, 2.24) is 5.32 Å². The van der Waals surface area contributed by atoms with Crippen molar-refractivity contribution in [3.8, 4) is 0 Å². The zero-order chi connectivity index (χ0) is 12.5. The molecule has 0 radical (unpaired) electrons. The molecule has 1 heterocycles. The predicted molar refractivity (Wildman–Crippen MR) is 76.8 cm³/mol. The summed E-state index contributed by atoms with van der Waals surface area (Å²) in [6.45, 7) is 4.40. The Morgan fingerprint density at radius 3 is 2.44 bits per heavy atom. The zero-order valence-corrected chi connectivity index (χ0v) is 12.0. The summed E-state index contributed by atoms with van der Waals surface area (Å²) in [4.78, 5) is 0. The predicted octanol–water partition coefficient (Wildman–Crippen LogP) is 3.75. The summed E-state index contributed by atoms with van der Waals surface area (Å²) in [5, 5.41) is 3.64. The Balaban J connectivity index is 1.66. The molecular formula is C16H31NO. The van der Waals surface area contributed by atoms with Crippen LogP contribution in [0.4, 0.5) is 0 Å². The quantitative estimate of drug-likeness (QED) is 0.710. The van der Waals surface area contributed by atoms with Crippen LogP contribution >= 0.6 is 0 Å². The average Bonchev–Trinajstić information content (AvgIpc) is 2.82. The smallest absolute Gasteiger partial charge is 0.0466 e. The highest BCUT2D eigenvalue weighted by atomic mass is 16.5. The molecule has 1 aliphatic heterocycles. The van der Waals surface area contributed by atoms with Crippen molar-refractivity contribution < 1.29 is 4.74 Å². The Morgan fingerprint density at radius 1 is 0.722 bits per heavy atom. The van der Waals surface area contributed by atoms with Crippen LogP contribution < -0.4 is 5.32 Å². The summed E-state index contributed by atoms with van der Waals surface area (Å²) in [5.74, 6) is 2.01. The first kappa shape index (κ1) is 14.3. The number of fused-ring (bicyclic) bond motifs is 2. The van der Waals surface area contributed by atoms with Gasteiger partial charge in [-0.2, -0.15) is 0 Å². The lowest BCUT2D eigenvalue weighted by molar-refractivity contribution is 0.126. The van der Waals surface area contributed by atoms with Gasteiger partial charge >= 0.3 is 0 Å². The fourth-order valence-electron chi connectivity index (χ4n) is 3.48. The molecule has 0 aromatic heterocycles. The molecule has 2 bridgehead atoms. The van der Waals surface area contributed by atoms with Gasteiger partial charge < -0.3 is 10.1 Å². The molecule has 0 amide bonds. The standard InChI is InChI=1S/C16H31NO/c1-2-5-11-18-12-6-4-10-17-14-16-9-8-15(13-16)7-3-1/h15-17H,1-14H2. The molecule has 0 aromatic rings. The number of ether oxygens (including phenoxy) is 1. The van der Waals surface area contributed by atoms with E-state index < -0.39 is 0 Å². The fraction of sp³-hybridized carbons (Fsp3) is 1.00. The van der Waals surface area contributed by atoms with Crippen LogP contribution in [0.3, 0.4) is 0 Å². The van der Waals surface area contributed by atoms with Crippen molar-refractivity contribution in [3.05, 3.63) is 0 Å². The maximum Gasteiger partial charge on any atom is 0.0466 e. The van der Waals surface area contributed by atoms with E-state index in [1.165, 1.54) is 77.3 Å². The molecule has 106 valence electrons. The van der Waals surface area contributed by atoms with Crippen LogP contribution in [0, 0.1) is 11.8 Å². The van der Waals surface area contributed by atoms with Crippen molar-refractivity contribution >= 4 is 0 Å². The number of rotatable bonds is 0. The maximum absolute atomic E-state index is 5.66. The maximum atomic E-state index is 5.66. The molecule has 1 saturated carbocycles. The van der Waals surface area contributed by atoms with Crippen molar-refractivity contribution in [2.45, 2.75) is 64.2 Å². The van der Waals surface area contributed by atoms with E-state index in [2.05, 4.69) is 5.32 Å². The second-order valence-corrected chi connectivity index (χ2v) is 6.27. The lowest BCUT2D eigenvalue weighted by atomic mass is 9.98. The highest BCUT2D eigenvalue weighted by Gasteiger charge is 2.23. The van der Waals surface area contributed by atoms with E-state index in [1.54, 1.807) is 0 Å². The topological polar surface area (TPSA) is 21.3 Å². The van der Waals surface area contributed by atoms with Gasteiger partial charge in [-0.15, -0.1) is 0 Å². The number of hydrogen-bond acceptors (Lipinski definition) is 2. The molecular weight excluding hydrogens is 222 g/mol. The molecule has 2 rings (SSSR count). The Kier molecular flexibility index (Phi) is 7.11. The number of hydrogen-bond donors (Lipinski definition) is 1. The molecule has 1 aliphatic carbocycles. The molecule has 2 heteroatoms. The van der Waals surface area contributed by atoms with E-state index in [9.17, 15) is 0 Å². The van der Waals surface area contributed by atoms with Crippen LogP contribution in [0.1, 0.15) is 64.2 Å². The third-order valence-corrected chi connectivity index (χ3v) is 4.63. The van der Waals surface area contributed by atoms with Gasteiger partial charge in [0, 0.05) is 13.2 Å². The van der Waals surface area contributed by atoms with E-state index in [0.29, 0.717) is 0 Å². The second-order valence-electron chi connectivity index (χ2n) is 6.27. The van der Waals surface area contributed by atoms with Crippen LogP contribution in [0.15, 0.2) is 0 Å². The molecule has 18 heavy (non-hydrogen) atoms. The molecule has 2 atom stereocenters. The first-order valence-electron chi connectivity index (χ1n) is 8.23. The summed E-state index contributed by atoms with van der Waals surface area (Å²) >= 11 is 0. The van der Waals surface area contributed by atoms with E-state index >= 15 is 0 Å². The Bertz CT molecular complexity index is 187. The van der Waals surface area contributed by atoms with E-state index in [4.69, 9.17) is 4.74 Å². The van der Waals surface area contributed by atoms with Gasteiger partial charge in [0.2, 0.25) is 0 Å². The molecule has 0 aromatic carbocycles. The Hall–Kier alpha value is -0.0800. The van der Waals surface area contributed by atoms with E-state index in [0.717, 1.165) is 25.0 Å². The van der Waals surface area contributed by atoms with Gasteiger partial charge in [-0.25, -0.2) is 0 Å². The molecule has 2 aliphatic rings. The number of nitrogens with one attached hydrogen (secondary N) is 1. The summed E-state index contributed by atoms with van der Waals surface area (Å²) in [6, 6.07) is 0. The fourth-order valence-corrected chi connectivity index (χ4v) is 3.48. The second kappa shape index (κ2) is 8.92. The summed E-state index contributed by atoms with van der Waals surface area (Å²) in [7, 11) is 0. The Morgan fingerprint density at radius 2 is 1.50 bits per heavy atom. The minimum Gasteiger partial charge on any atom is -0.381 e. The summed E-state index contributed by atoms with van der Waals surface area (Å²) < 4.78 is 5.66. The highest BCUT2D eigenvalue weighted by molar-refractivity contribution is 4.77. The summed E-state index contributed by atoms with van der Waals surface area (Å²) in [6.07, 6.45) is 14.0. The molecule has 1 N–H and O–H groups in total. The van der Waals surface area contributed by atoms with Gasteiger partial charge in [0.1, 0.15) is 0 Å². The zero-order valence-electron chi connectivity index (χ0n) is 12.0. The first-order chi connectivity index (χ1) is 8.95. The van der Waals surface area contributed by atoms with Gasteiger partial charge in [-0.1, -0.05) is 32.1 Å². The van der Waals surface area contributed by atoms with Crippen molar-refractivity contribution in [2.75, 3.05) is 26.3 Å². The van der Waals surface area contributed by atoms with Gasteiger partial charge in [0.25, 0.3) is 0 Å². The molecule has 2 fully saturated rings. The lowest BCUT2D eigenvalue weighted by Crippen LogP contribution is -2.22. The molecule has 1 saturated heterocycles. The van der Waals surface area contributed by atoms with Crippen molar-refractivity contribution in [3.63, 3.8) is 0 Å². The van der Waals surface area contributed by atoms with Crippen LogP contribution in [0.25, 0.3) is 0 Å². The van der Waals surface area contributed by atoms with Gasteiger partial charge in [-0.05, 0) is 57.0 Å². The van der Waals surface area contributed by atoms with E-state index in [1.807, 2.05) is 0 Å². The minimum absolute atomic E-state index is 0.965. The molecule has 2 unspecified atom stereocenters. The monoisotopic (exact) mass is 253 g/mol. The van der Waals surface area contributed by atoms with E-state index in [-0.39, 0.29) is 0 Å². The van der Waals surface area contributed by atoms with Crippen molar-refractivity contribution in [1.29, 1.82) is 0 Å². The molecule has 2 nitrogen and oxygen atoms in total. The van der Waals surface area contributed by atoms with Crippen molar-refractivity contribution in [2.24, 2.45) is 11.8 Å². The van der Waals surface area contributed by atoms with Crippen LogP contribution in [0.2, 0.25) is 0 Å². The van der Waals surface area contributed by atoms with Gasteiger partial charge in [0.05, 0.1) is 0 Å². The summed E-state index contributed by atoms with van der Waals surface area (Å²) in [5.41, 5.74) is 0. The third kappa shape index (κ3) is 5.71. The normalized spacial score (nSPS) is 33.3. The molecule has 0 spiro atoms.